The largest absolute Gasteiger partial charge is 0.192 e. The quantitative estimate of drug-likeness (QED) is 0.176. The van der Waals surface area contributed by atoms with Crippen LogP contribution in [0.1, 0.15) is 5.56 Å². The van der Waals surface area contributed by atoms with Gasteiger partial charge >= 0.3 is 0 Å². The highest BCUT2D eigenvalue weighted by Gasteiger charge is 2.13. The van der Waals surface area contributed by atoms with Crippen LogP contribution in [0.5, 0.6) is 0 Å². The number of fused-ring (bicyclic) bond motifs is 6. The van der Waals surface area contributed by atoms with E-state index in [1.165, 1.54) is 68.2 Å². The van der Waals surface area contributed by atoms with Crippen molar-refractivity contribution in [3.05, 3.63) is 181 Å². The second-order valence-electron chi connectivity index (χ2n) is 13.2. The molecule has 0 aliphatic carbocycles. The van der Waals surface area contributed by atoms with E-state index < -0.39 is 0 Å². The predicted octanol–water partition coefficient (Wildman–Crippen LogP) is 14.6. The van der Waals surface area contributed by atoms with Crippen LogP contribution in [0.2, 0.25) is 0 Å². The summed E-state index contributed by atoms with van der Waals surface area (Å²) in [6.45, 7) is 0. The lowest BCUT2D eigenvalue weighted by atomic mass is 9.93. The zero-order valence-electron chi connectivity index (χ0n) is 28.0. The molecule has 0 spiro atoms. The van der Waals surface area contributed by atoms with Crippen molar-refractivity contribution in [2.24, 2.45) is 0 Å². The number of thiophene rings is 2. The molecule has 0 saturated carbocycles. The van der Waals surface area contributed by atoms with Crippen molar-refractivity contribution < 1.29 is 0 Å². The van der Waals surface area contributed by atoms with E-state index >= 15 is 0 Å². The summed E-state index contributed by atoms with van der Waals surface area (Å²) in [4.78, 5) is 0. The van der Waals surface area contributed by atoms with Crippen LogP contribution in [-0.2, 0) is 0 Å². The Morgan fingerprint density at radius 3 is 1.33 bits per heavy atom. The SMILES string of the molecule is N#Cc1cc(-c2ccc(-c3ccc(-c4cccc5c4sc4ccccc45)cc3)cc2)cc(-c2cccc(-c3cccc4c3sc3ccccc34)c2)c1. The molecule has 0 saturated heterocycles. The Hall–Kier alpha value is -6.31. The highest BCUT2D eigenvalue weighted by molar-refractivity contribution is 7.26. The molecule has 2 heterocycles. The molecule has 2 aromatic heterocycles. The first-order valence-corrected chi connectivity index (χ1v) is 19.0. The Morgan fingerprint density at radius 2 is 0.750 bits per heavy atom. The van der Waals surface area contributed by atoms with Gasteiger partial charge in [0.25, 0.3) is 0 Å². The first kappa shape index (κ1) is 30.5. The summed E-state index contributed by atoms with van der Waals surface area (Å²) in [5, 5.41) is 15.3. The van der Waals surface area contributed by atoms with E-state index in [0.717, 1.165) is 27.8 Å². The molecule has 242 valence electrons. The molecule has 8 aromatic carbocycles. The summed E-state index contributed by atoms with van der Waals surface area (Å²) in [6.07, 6.45) is 0. The molecule has 3 heteroatoms. The van der Waals surface area contributed by atoms with Crippen molar-refractivity contribution in [2.75, 3.05) is 0 Å². The normalized spacial score (nSPS) is 11.4. The van der Waals surface area contributed by atoms with Crippen LogP contribution in [0.4, 0.5) is 0 Å². The lowest BCUT2D eigenvalue weighted by Gasteiger charge is -2.11. The van der Waals surface area contributed by atoms with Crippen molar-refractivity contribution in [3.63, 3.8) is 0 Å². The fourth-order valence-electron chi connectivity index (χ4n) is 7.54. The molecule has 1 nitrogen and oxygen atoms in total. The van der Waals surface area contributed by atoms with Gasteiger partial charge in [-0.05, 0) is 92.0 Å². The zero-order valence-corrected chi connectivity index (χ0v) is 29.6. The molecule has 0 bridgehead atoms. The Balaban J connectivity index is 0.958. The van der Waals surface area contributed by atoms with Crippen LogP contribution in [0, 0.1) is 11.3 Å². The summed E-state index contributed by atoms with van der Waals surface area (Å²) in [7, 11) is 0. The maximum Gasteiger partial charge on any atom is 0.0992 e. The fraction of sp³-hybridized carbons (Fsp3) is 0. The minimum Gasteiger partial charge on any atom is -0.192 e. The molecule has 52 heavy (non-hydrogen) atoms. The van der Waals surface area contributed by atoms with E-state index in [1.54, 1.807) is 0 Å². The van der Waals surface area contributed by atoms with Gasteiger partial charge in [0.1, 0.15) is 0 Å². The molecular formula is C49H29NS2. The number of hydrogen-bond donors (Lipinski definition) is 0. The minimum absolute atomic E-state index is 0.651. The standard InChI is InChI=1S/C49H29NS2/c50-30-31-26-38(29-39(27-31)36-8-5-9-37(28-36)41-13-7-15-45-43-11-2-4-17-47(43)52-49(41)45)34-20-18-32(19-21-34)33-22-24-35(25-23-33)40-12-6-14-44-42-10-1-3-16-46(42)51-48(40)44/h1-29H. The maximum atomic E-state index is 10.0. The molecule has 0 amide bonds. The van der Waals surface area contributed by atoms with E-state index in [-0.39, 0.29) is 0 Å². The topological polar surface area (TPSA) is 23.8 Å². The molecule has 0 radical (unpaired) electrons. The molecule has 0 fully saturated rings. The first-order valence-electron chi connectivity index (χ1n) is 17.4. The minimum atomic E-state index is 0.651. The summed E-state index contributed by atoms with van der Waals surface area (Å²) >= 11 is 3.71. The van der Waals surface area contributed by atoms with E-state index in [1.807, 2.05) is 34.8 Å². The van der Waals surface area contributed by atoms with Gasteiger partial charge in [0, 0.05) is 40.3 Å². The highest BCUT2D eigenvalue weighted by atomic mass is 32.1. The molecule has 0 N–H and O–H groups in total. The first-order chi connectivity index (χ1) is 25.7. The average molecular weight is 696 g/mol. The van der Waals surface area contributed by atoms with Crippen molar-refractivity contribution in [1.29, 1.82) is 5.26 Å². The van der Waals surface area contributed by atoms with Crippen LogP contribution in [0.3, 0.4) is 0 Å². The Labute approximate surface area is 309 Å². The van der Waals surface area contributed by atoms with Crippen LogP contribution in [-0.4, -0.2) is 0 Å². The smallest absolute Gasteiger partial charge is 0.0992 e. The number of benzene rings is 8. The van der Waals surface area contributed by atoms with Gasteiger partial charge in [-0.1, -0.05) is 140 Å². The number of hydrogen-bond acceptors (Lipinski definition) is 3. The lowest BCUT2D eigenvalue weighted by Crippen LogP contribution is -1.87. The van der Waals surface area contributed by atoms with Gasteiger partial charge < -0.3 is 0 Å². The zero-order chi connectivity index (χ0) is 34.6. The van der Waals surface area contributed by atoms with Crippen LogP contribution in [0.15, 0.2) is 176 Å². The second-order valence-corrected chi connectivity index (χ2v) is 15.3. The van der Waals surface area contributed by atoms with Gasteiger partial charge in [-0.2, -0.15) is 5.26 Å². The molecular weight excluding hydrogens is 667 g/mol. The summed E-state index contributed by atoms with van der Waals surface area (Å²) in [5.41, 5.74) is 12.1. The lowest BCUT2D eigenvalue weighted by molar-refractivity contribution is 1.48. The highest BCUT2D eigenvalue weighted by Crippen LogP contribution is 2.42. The Morgan fingerprint density at radius 1 is 0.327 bits per heavy atom. The van der Waals surface area contributed by atoms with Crippen molar-refractivity contribution >= 4 is 63.0 Å². The average Bonchev–Trinajstić information content (AvgIpc) is 3.80. The molecule has 0 aliphatic heterocycles. The van der Waals surface area contributed by atoms with Gasteiger partial charge in [0.05, 0.1) is 11.6 Å². The van der Waals surface area contributed by atoms with E-state index in [0.29, 0.717) is 5.56 Å². The van der Waals surface area contributed by atoms with Crippen molar-refractivity contribution in [3.8, 4) is 61.7 Å². The summed E-state index contributed by atoms with van der Waals surface area (Å²) < 4.78 is 5.26. The monoisotopic (exact) mass is 695 g/mol. The molecule has 0 unspecified atom stereocenters. The molecule has 10 aromatic rings. The van der Waals surface area contributed by atoms with Gasteiger partial charge in [0.2, 0.25) is 0 Å². The van der Waals surface area contributed by atoms with Gasteiger partial charge in [-0.25, -0.2) is 0 Å². The van der Waals surface area contributed by atoms with Crippen LogP contribution < -0.4 is 0 Å². The van der Waals surface area contributed by atoms with E-state index in [4.69, 9.17) is 0 Å². The van der Waals surface area contributed by atoms with E-state index in [2.05, 4.69) is 170 Å². The maximum absolute atomic E-state index is 10.0. The molecule has 10 rings (SSSR count). The number of nitriles is 1. The van der Waals surface area contributed by atoms with Crippen molar-refractivity contribution in [1.82, 2.24) is 0 Å². The number of nitrogens with zero attached hydrogens (tertiary/aromatic N) is 1. The number of rotatable bonds is 5. The van der Waals surface area contributed by atoms with E-state index in [9.17, 15) is 5.26 Å². The summed E-state index contributed by atoms with van der Waals surface area (Å²) in [6, 6.07) is 65.4. The molecule has 0 atom stereocenters. The second kappa shape index (κ2) is 12.5. The third-order valence-corrected chi connectivity index (χ3v) is 12.6. The molecule has 0 aliphatic rings. The third kappa shape index (κ3) is 5.20. The predicted molar refractivity (Wildman–Crippen MR) is 224 cm³/mol. The van der Waals surface area contributed by atoms with Crippen molar-refractivity contribution in [2.45, 2.75) is 0 Å². The van der Waals surface area contributed by atoms with Crippen LogP contribution in [0.25, 0.3) is 96.0 Å². The van der Waals surface area contributed by atoms with Crippen LogP contribution >= 0.6 is 22.7 Å². The Bertz CT molecular complexity index is 3010. The third-order valence-electron chi connectivity index (χ3n) is 10.1. The Kier molecular flexibility index (Phi) is 7.32. The van der Waals surface area contributed by atoms with Gasteiger partial charge in [-0.15, -0.1) is 22.7 Å². The summed E-state index contributed by atoms with van der Waals surface area (Å²) in [5.74, 6) is 0. The fourth-order valence-corrected chi connectivity index (χ4v) is 10.0. The van der Waals surface area contributed by atoms with Gasteiger partial charge in [0.15, 0.2) is 0 Å². The van der Waals surface area contributed by atoms with Gasteiger partial charge in [-0.3, -0.25) is 0 Å².